The highest BCUT2D eigenvalue weighted by Crippen LogP contribution is 2.36. The van der Waals surface area contributed by atoms with Gasteiger partial charge in [-0.2, -0.15) is 0 Å². The molecule has 3 aromatic heterocycles. The summed E-state index contributed by atoms with van der Waals surface area (Å²) in [6, 6.07) is 8.33. The summed E-state index contributed by atoms with van der Waals surface area (Å²) in [5.41, 5.74) is 10.3. The number of non-ortho nitro benzene ring substituents is 1. The highest BCUT2D eigenvalue weighted by Gasteiger charge is 2.21. The van der Waals surface area contributed by atoms with Gasteiger partial charge in [0.15, 0.2) is 5.13 Å². The Morgan fingerprint density at radius 1 is 1.16 bits per heavy atom. The van der Waals surface area contributed by atoms with E-state index in [0.717, 1.165) is 41.6 Å². The number of nitro benzene ring substituents is 1. The Hall–Kier alpha value is -3.37. The van der Waals surface area contributed by atoms with Crippen molar-refractivity contribution >= 4 is 55.3 Å². The van der Waals surface area contributed by atoms with Crippen molar-refractivity contribution in [1.82, 2.24) is 9.97 Å². The molecule has 0 aliphatic heterocycles. The van der Waals surface area contributed by atoms with Gasteiger partial charge in [0.25, 0.3) is 11.6 Å². The van der Waals surface area contributed by atoms with Gasteiger partial charge in [0.2, 0.25) is 0 Å². The van der Waals surface area contributed by atoms with Crippen molar-refractivity contribution in [2.24, 2.45) is 0 Å². The Kier molecular flexibility index (Phi) is 5.32. The number of hydrogen-bond acceptors (Lipinski definition) is 8. The van der Waals surface area contributed by atoms with Gasteiger partial charge in [-0.05, 0) is 37.3 Å². The number of nitrogens with zero attached hydrogens (tertiary/aromatic N) is 3. The number of nitro groups is 1. The lowest BCUT2D eigenvalue weighted by atomic mass is 10.1. The number of aryl methyl sites for hydroxylation is 2. The number of carbonyl (C=O) groups is 1. The fourth-order valence-electron chi connectivity index (χ4n) is 3.90. The third kappa shape index (κ3) is 3.82. The van der Waals surface area contributed by atoms with Crippen LogP contribution in [0.2, 0.25) is 0 Å². The molecule has 0 saturated heterocycles. The molecule has 0 atom stereocenters. The second-order valence-corrected chi connectivity index (χ2v) is 9.51. The predicted molar refractivity (Wildman–Crippen MR) is 127 cm³/mol. The van der Waals surface area contributed by atoms with E-state index in [-0.39, 0.29) is 11.6 Å². The topological polar surface area (TPSA) is 124 Å². The van der Waals surface area contributed by atoms with Gasteiger partial charge in [0, 0.05) is 34.2 Å². The molecule has 0 unspecified atom stereocenters. The fraction of sp³-hybridized carbons (Fsp3) is 0.227. The average Bonchev–Trinajstić information content (AvgIpc) is 3.29. The number of fused-ring (bicyclic) bond motifs is 2. The summed E-state index contributed by atoms with van der Waals surface area (Å²) in [7, 11) is 0. The maximum atomic E-state index is 12.9. The standard InChI is InChI=1S/C22H19N5O3S2/c23-18-15-10-13-5-2-1-3-8-16(13)24-21(15)32-19(18)20(28)26-22-25-17(11-31-22)12-6-4-7-14(9-12)27(29)30/h4,6-7,9-11H,1-3,5,8,23H2,(H,25,26,28). The van der Waals surface area contributed by atoms with Gasteiger partial charge in [-0.1, -0.05) is 18.6 Å². The summed E-state index contributed by atoms with van der Waals surface area (Å²) in [4.78, 5) is 33.9. The van der Waals surface area contributed by atoms with Crippen molar-refractivity contribution in [3.63, 3.8) is 0 Å². The molecule has 10 heteroatoms. The number of amides is 1. The van der Waals surface area contributed by atoms with Gasteiger partial charge in [0.05, 0.1) is 16.3 Å². The summed E-state index contributed by atoms with van der Waals surface area (Å²) < 4.78 is 0. The maximum absolute atomic E-state index is 12.9. The lowest BCUT2D eigenvalue weighted by Crippen LogP contribution is -2.11. The van der Waals surface area contributed by atoms with Crippen molar-refractivity contribution in [1.29, 1.82) is 0 Å². The number of nitrogens with one attached hydrogen (secondary N) is 1. The Labute approximate surface area is 191 Å². The van der Waals surface area contributed by atoms with E-state index in [1.54, 1.807) is 17.5 Å². The normalized spacial score (nSPS) is 13.5. The number of pyridine rings is 1. The predicted octanol–water partition coefficient (Wildman–Crippen LogP) is 5.43. The van der Waals surface area contributed by atoms with Crippen LogP contribution in [0.5, 0.6) is 0 Å². The van der Waals surface area contributed by atoms with Crippen LogP contribution in [0.1, 0.15) is 40.2 Å². The molecular formula is C22H19N5O3S2. The van der Waals surface area contributed by atoms with Crippen LogP contribution in [0.4, 0.5) is 16.5 Å². The summed E-state index contributed by atoms with van der Waals surface area (Å²) in [5.74, 6) is -0.333. The highest BCUT2D eigenvalue weighted by atomic mass is 32.1. The summed E-state index contributed by atoms with van der Waals surface area (Å²) in [5, 5.41) is 16.8. The summed E-state index contributed by atoms with van der Waals surface area (Å²) in [6.45, 7) is 0. The third-order valence-corrected chi connectivity index (χ3v) is 7.40. The Morgan fingerprint density at radius 3 is 2.84 bits per heavy atom. The second-order valence-electron chi connectivity index (χ2n) is 7.65. The lowest BCUT2D eigenvalue weighted by molar-refractivity contribution is -0.384. The first-order valence-electron chi connectivity index (χ1n) is 10.2. The van der Waals surface area contributed by atoms with Crippen molar-refractivity contribution in [2.75, 3.05) is 11.1 Å². The molecule has 1 aromatic carbocycles. The molecule has 0 spiro atoms. The lowest BCUT2D eigenvalue weighted by Gasteiger charge is -2.04. The Morgan fingerprint density at radius 2 is 2.00 bits per heavy atom. The maximum Gasteiger partial charge on any atom is 0.270 e. The van der Waals surface area contributed by atoms with Crippen molar-refractivity contribution in [2.45, 2.75) is 32.1 Å². The van der Waals surface area contributed by atoms with E-state index in [0.29, 0.717) is 27.0 Å². The molecule has 4 aromatic rings. The molecule has 1 aliphatic rings. The molecule has 8 nitrogen and oxygen atoms in total. The molecular weight excluding hydrogens is 446 g/mol. The zero-order valence-electron chi connectivity index (χ0n) is 17.0. The van der Waals surface area contributed by atoms with Crippen LogP contribution in [0, 0.1) is 10.1 Å². The molecule has 162 valence electrons. The average molecular weight is 466 g/mol. The van der Waals surface area contributed by atoms with Crippen LogP contribution >= 0.6 is 22.7 Å². The first-order chi connectivity index (χ1) is 15.5. The summed E-state index contributed by atoms with van der Waals surface area (Å²) >= 11 is 2.55. The zero-order valence-corrected chi connectivity index (χ0v) is 18.6. The number of nitrogen functional groups attached to an aromatic ring is 1. The van der Waals surface area contributed by atoms with Gasteiger partial charge in [-0.25, -0.2) is 9.97 Å². The number of anilines is 2. The van der Waals surface area contributed by atoms with Gasteiger partial charge >= 0.3 is 0 Å². The molecule has 3 N–H and O–H groups in total. The zero-order chi connectivity index (χ0) is 22.2. The molecule has 0 bridgehead atoms. The van der Waals surface area contributed by atoms with Gasteiger partial charge in [-0.15, -0.1) is 22.7 Å². The van der Waals surface area contributed by atoms with E-state index in [2.05, 4.69) is 16.4 Å². The van der Waals surface area contributed by atoms with Crippen LogP contribution in [0.25, 0.3) is 21.5 Å². The van der Waals surface area contributed by atoms with E-state index >= 15 is 0 Å². The minimum atomic E-state index is -0.448. The van der Waals surface area contributed by atoms with Crippen molar-refractivity contribution in [3.8, 4) is 11.3 Å². The molecule has 32 heavy (non-hydrogen) atoms. The number of rotatable bonds is 4. The molecule has 0 radical (unpaired) electrons. The van der Waals surface area contributed by atoms with Gasteiger partial charge < -0.3 is 5.73 Å². The number of thiophene rings is 1. The summed E-state index contributed by atoms with van der Waals surface area (Å²) in [6.07, 6.45) is 5.45. The van der Waals surface area contributed by atoms with Gasteiger partial charge in [0.1, 0.15) is 9.71 Å². The minimum Gasteiger partial charge on any atom is -0.397 e. The number of carbonyl (C=O) groups excluding carboxylic acids is 1. The van der Waals surface area contributed by atoms with Crippen LogP contribution in [0.15, 0.2) is 35.7 Å². The first kappa shape index (κ1) is 20.5. The van der Waals surface area contributed by atoms with Crippen molar-refractivity contribution in [3.05, 3.63) is 62.0 Å². The van der Waals surface area contributed by atoms with Crippen LogP contribution in [0.3, 0.4) is 0 Å². The van der Waals surface area contributed by atoms with Crippen molar-refractivity contribution < 1.29 is 9.72 Å². The monoisotopic (exact) mass is 465 g/mol. The van der Waals surface area contributed by atoms with Crippen LogP contribution in [-0.4, -0.2) is 20.8 Å². The van der Waals surface area contributed by atoms with E-state index in [9.17, 15) is 14.9 Å². The largest absolute Gasteiger partial charge is 0.397 e. The SMILES string of the molecule is Nc1c(C(=O)Nc2nc(-c3cccc([N+](=O)[O-])c3)cs2)sc2nc3c(cc12)CCCCC3. The minimum absolute atomic E-state index is 0.00923. The molecule has 0 saturated carbocycles. The number of nitrogens with two attached hydrogens (primary N) is 1. The molecule has 0 fully saturated rings. The third-order valence-electron chi connectivity index (χ3n) is 5.53. The van der Waals surface area contributed by atoms with Crippen LogP contribution < -0.4 is 11.1 Å². The van der Waals surface area contributed by atoms with E-state index in [4.69, 9.17) is 10.7 Å². The van der Waals surface area contributed by atoms with E-state index in [1.807, 2.05) is 0 Å². The number of aromatic nitrogens is 2. The Balaban J connectivity index is 1.40. The quantitative estimate of drug-likeness (QED) is 0.235. The number of hydrogen-bond donors (Lipinski definition) is 2. The first-order valence-corrected chi connectivity index (χ1v) is 11.9. The second kappa shape index (κ2) is 8.29. The highest BCUT2D eigenvalue weighted by molar-refractivity contribution is 7.21. The van der Waals surface area contributed by atoms with E-state index < -0.39 is 4.92 Å². The molecule has 1 aliphatic carbocycles. The number of benzene rings is 1. The smallest absolute Gasteiger partial charge is 0.270 e. The van der Waals surface area contributed by atoms with E-state index in [1.165, 1.54) is 46.8 Å². The van der Waals surface area contributed by atoms with Crippen LogP contribution in [-0.2, 0) is 12.8 Å². The fourth-order valence-corrected chi connectivity index (χ4v) is 5.61. The molecule has 5 rings (SSSR count). The van der Waals surface area contributed by atoms with Gasteiger partial charge in [-0.3, -0.25) is 20.2 Å². The number of thiazole rings is 1. The molecule has 1 amide bonds. The Bertz CT molecular complexity index is 1360. The molecule has 3 heterocycles.